The second-order valence-electron chi connectivity index (χ2n) is 2.13. The third kappa shape index (κ3) is 2.02. The van der Waals surface area contributed by atoms with Gasteiger partial charge in [-0.15, -0.1) is 0 Å². The van der Waals surface area contributed by atoms with E-state index in [4.69, 9.17) is 27.9 Å². The first-order valence-electron chi connectivity index (χ1n) is 3.42. The largest absolute Gasteiger partial charge is 0.492 e. The van der Waals surface area contributed by atoms with Gasteiger partial charge in [0, 0.05) is 6.07 Å². The smallest absolute Gasteiger partial charge is 0.145 e. The highest BCUT2D eigenvalue weighted by Crippen LogP contribution is 2.29. The summed E-state index contributed by atoms with van der Waals surface area (Å²) < 4.78 is 17.9. The first-order valence-corrected chi connectivity index (χ1v) is 4.18. The highest BCUT2D eigenvalue weighted by Gasteiger charge is 2.06. The number of halogens is 3. The lowest BCUT2D eigenvalue weighted by Gasteiger charge is -2.05. The molecule has 1 rings (SSSR count). The molecule has 0 unspecified atom stereocenters. The first-order chi connectivity index (χ1) is 5.65. The molecule has 0 spiro atoms. The van der Waals surface area contributed by atoms with Crippen LogP contribution in [0.15, 0.2) is 12.1 Å². The van der Waals surface area contributed by atoms with Crippen molar-refractivity contribution in [1.29, 1.82) is 0 Å². The van der Waals surface area contributed by atoms with Crippen LogP contribution in [0, 0.1) is 5.82 Å². The van der Waals surface area contributed by atoms with E-state index >= 15 is 0 Å². The van der Waals surface area contributed by atoms with E-state index in [1.165, 1.54) is 12.1 Å². The molecule has 0 heterocycles. The molecule has 0 radical (unpaired) electrons. The number of hydrogen-bond acceptors (Lipinski definition) is 1. The Morgan fingerprint density at radius 3 is 2.58 bits per heavy atom. The minimum Gasteiger partial charge on any atom is -0.492 e. The van der Waals surface area contributed by atoms with Crippen LogP contribution in [-0.2, 0) is 0 Å². The molecule has 0 N–H and O–H groups in total. The summed E-state index contributed by atoms with van der Waals surface area (Å²) in [4.78, 5) is 0. The van der Waals surface area contributed by atoms with Crippen molar-refractivity contribution in [3.8, 4) is 5.75 Å². The standard InChI is InChI=1S/C8H7Cl2FO/c1-2-12-8-4-7(11)5(9)3-6(8)10/h3-4H,2H2,1H3. The Kier molecular flexibility index (Phi) is 3.18. The maximum absolute atomic E-state index is 12.8. The van der Waals surface area contributed by atoms with Gasteiger partial charge in [0.1, 0.15) is 11.6 Å². The van der Waals surface area contributed by atoms with Gasteiger partial charge in [0.05, 0.1) is 16.7 Å². The normalized spacial score (nSPS) is 10.0. The van der Waals surface area contributed by atoms with E-state index in [2.05, 4.69) is 0 Å². The molecule has 0 aliphatic heterocycles. The summed E-state index contributed by atoms with van der Waals surface area (Å²) in [5.74, 6) is -0.203. The van der Waals surface area contributed by atoms with Gasteiger partial charge in [0.2, 0.25) is 0 Å². The third-order valence-corrected chi connectivity index (χ3v) is 1.86. The predicted octanol–water partition coefficient (Wildman–Crippen LogP) is 3.53. The van der Waals surface area contributed by atoms with Gasteiger partial charge in [0.15, 0.2) is 0 Å². The van der Waals surface area contributed by atoms with Gasteiger partial charge in [0.25, 0.3) is 0 Å². The van der Waals surface area contributed by atoms with Gasteiger partial charge < -0.3 is 4.74 Å². The summed E-state index contributed by atoms with van der Waals surface area (Å²) in [7, 11) is 0. The molecule has 0 bridgehead atoms. The van der Waals surface area contributed by atoms with Gasteiger partial charge in [-0.05, 0) is 13.0 Å². The molecule has 12 heavy (non-hydrogen) atoms. The number of benzene rings is 1. The molecule has 1 aromatic rings. The van der Waals surface area contributed by atoms with E-state index in [1.54, 1.807) is 6.92 Å². The van der Waals surface area contributed by atoms with Gasteiger partial charge in [-0.1, -0.05) is 23.2 Å². The van der Waals surface area contributed by atoms with Crippen molar-refractivity contribution in [2.75, 3.05) is 6.61 Å². The minimum absolute atomic E-state index is 0.00320. The van der Waals surface area contributed by atoms with Crippen LogP contribution in [0.25, 0.3) is 0 Å². The van der Waals surface area contributed by atoms with E-state index in [-0.39, 0.29) is 5.02 Å². The minimum atomic E-state index is -0.524. The maximum atomic E-state index is 12.8. The molecule has 0 fully saturated rings. The van der Waals surface area contributed by atoms with Crippen molar-refractivity contribution >= 4 is 23.2 Å². The van der Waals surface area contributed by atoms with Crippen LogP contribution in [0.1, 0.15) is 6.92 Å². The molecule has 1 nitrogen and oxygen atoms in total. The molecular weight excluding hydrogens is 202 g/mol. The fourth-order valence-electron chi connectivity index (χ4n) is 0.770. The lowest BCUT2D eigenvalue weighted by molar-refractivity contribution is 0.338. The molecule has 0 aliphatic rings. The second kappa shape index (κ2) is 3.97. The summed E-state index contributed by atoms with van der Waals surface area (Å²) in [6.45, 7) is 2.24. The van der Waals surface area contributed by atoms with E-state index in [0.717, 1.165) is 0 Å². The van der Waals surface area contributed by atoms with Crippen LogP contribution in [0.4, 0.5) is 4.39 Å². The Balaban J connectivity index is 3.05. The molecule has 66 valence electrons. The lowest BCUT2D eigenvalue weighted by Crippen LogP contribution is -1.93. The molecule has 4 heteroatoms. The zero-order chi connectivity index (χ0) is 9.14. The summed E-state index contributed by atoms with van der Waals surface area (Å²) in [5, 5.41) is 0.326. The van der Waals surface area contributed by atoms with E-state index in [9.17, 15) is 4.39 Å². The predicted molar refractivity (Wildman–Crippen MR) is 47.6 cm³/mol. The average molecular weight is 209 g/mol. The summed E-state index contributed by atoms with van der Waals surface area (Å²) in [6.07, 6.45) is 0. The number of rotatable bonds is 2. The van der Waals surface area contributed by atoms with Crippen molar-refractivity contribution in [2.24, 2.45) is 0 Å². The number of ether oxygens (including phenoxy) is 1. The van der Waals surface area contributed by atoms with Crippen LogP contribution in [-0.4, -0.2) is 6.61 Å². The van der Waals surface area contributed by atoms with Crippen molar-refractivity contribution in [1.82, 2.24) is 0 Å². The zero-order valence-corrected chi connectivity index (χ0v) is 7.92. The van der Waals surface area contributed by atoms with Crippen LogP contribution >= 0.6 is 23.2 Å². The zero-order valence-electron chi connectivity index (χ0n) is 6.40. The summed E-state index contributed by atoms with van der Waals surface area (Å²) >= 11 is 11.2. The Hall–Kier alpha value is -0.470. The quantitative estimate of drug-likeness (QED) is 0.677. The molecule has 0 amide bonds. The summed E-state index contributed by atoms with van der Waals surface area (Å²) in [5.41, 5.74) is 0. The first kappa shape index (κ1) is 9.62. The van der Waals surface area contributed by atoms with Crippen molar-refractivity contribution in [3.63, 3.8) is 0 Å². The Labute approximate surface area is 80.0 Å². The maximum Gasteiger partial charge on any atom is 0.145 e. The highest BCUT2D eigenvalue weighted by molar-refractivity contribution is 6.35. The molecular formula is C8H7Cl2FO. The Morgan fingerprint density at radius 2 is 2.00 bits per heavy atom. The van der Waals surface area contributed by atoms with Crippen LogP contribution in [0.2, 0.25) is 10.0 Å². The fraction of sp³-hybridized carbons (Fsp3) is 0.250. The van der Waals surface area contributed by atoms with Crippen molar-refractivity contribution in [2.45, 2.75) is 6.92 Å². The average Bonchev–Trinajstić information content (AvgIpc) is 2.01. The van der Waals surface area contributed by atoms with Crippen molar-refractivity contribution < 1.29 is 9.13 Å². The van der Waals surface area contributed by atoms with E-state index in [0.29, 0.717) is 17.4 Å². The monoisotopic (exact) mass is 208 g/mol. The SMILES string of the molecule is CCOc1cc(F)c(Cl)cc1Cl. The lowest BCUT2D eigenvalue weighted by atomic mass is 10.3. The second-order valence-corrected chi connectivity index (χ2v) is 2.94. The molecule has 0 aliphatic carbocycles. The van der Waals surface area contributed by atoms with Gasteiger partial charge in [-0.2, -0.15) is 0 Å². The van der Waals surface area contributed by atoms with E-state index < -0.39 is 5.82 Å². The molecule has 0 atom stereocenters. The Morgan fingerprint density at radius 1 is 1.33 bits per heavy atom. The fourth-order valence-corrected chi connectivity index (χ4v) is 1.21. The van der Waals surface area contributed by atoms with Crippen LogP contribution in [0.5, 0.6) is 5.75 Å². The van der Waals surface area contributed by atoms with Crippen molar-refractivity contribution in [3.05, 3.63) is 28.0 Å². The molecule has 0 aromatic heterocycles. The Bertz CT molecular complexity index is 289. The van der Waals surface area contributed by atoms with Crippen LogP contribution < -0.4 is 4.74 Å². The molecule has 0 saturated heterocycles. The van der Waals surface area contributed by atoms with Gasteiger partial charge in [-0.25, -0.2) is 4.39 Å². The molecule has 0 saturated carbocycles. The van der Waals surface area contributed by atoms with Gasteiger partial charge >= 0.3 is 0 Å². The van der Waals surface area contributed by atoms with Gasteiger partial charge in [-0.3, -0.25) is 0 Å². The summed E-state index contributed by atoms with van der Waals surface area (Å²) in [6, 6.07) is 2.50. The number of hydrogen-bond donors (Lipinski definition) is 0. The van der Waals surface area contributed by atoms with E-state index in [1.807, 2.05) is 0 Å². The van der Waals surface area contributed by atoms with Crippen LogP contribution in [0.3, 0.4) is 0 Å². The molecule has 1 aromatic carbocycles. The highest BCUT2D eigenvalue weighted by atomic mass is 35.5. The topological polar surface area (TPSA) is 9.23 Å². The third-order valence-electron chi connectivity index (χ3n) is 1.27.